The molecule has 1 aliphatic carbocycles. The van der Waals surface area contributed by atoms with Crippen LogP contribution < -0.4 is 5.32 Å². The summed E-state index contributed by atoms with van der Waals surface area (Å²) in [4.78, 5) is 22.5. The van der Waals surface area contributed by atoms with Crippen LogP contribution in [0.1, 0.15) is 33.7 Å². The molecule has 6 heteroatoms. The SMILES string of the molecule is Cn1ncc(C(=O)NC2CC2)c1C(=O)O. The largest absolute Gasteiger partial charge is 0.477 e. The van der Waals surface area contributed by atoms with Gasteiger partial charge in [-0.05, 0) is 12.8 Å². The molecule has 2 N–H and O–H groups in total. The van der Waals surface area contributed by atoms with Crippen molar-refractivity contribution in [2.24, 2.45) is 7.05 Å². The quantitative estimate of drug-likeness (QED) is 0.734. The van der Waals surface area contributed by atoms with Gasteiger partial charge in [0.05, 0.1) is 11.8 Å². The number of rotatable bonds is 3. The zero-order valence-corrected chi connectivity index (χ0v) is 8.23. The predicted octanol–water partition coefficient (Wildman–Crippen LogP) is 0.0105. The molecule has 1 aromatic heterocycles. The number of nitrogens with zero attached hydrogens (tertiary/aromatic N) is 2. The Labute approximate surface area is 85.9 Å². The van der Waals surface area contributed by atoms with Crippen LogP contribution in [0.15, 0.2) is 6.20 Å². The smallest absolute Gasteiger partial charge is 0.354 e. The first-order chi connectivity index (χ1) is 7.09. The van der Waals surface area contributed by atoms with E-state index in [1.165, 1.54) is 17.9 Å². The Balaban J connectivity index is 2.25. The molecule has 1 fully saturated rings. The molecule has 1 saturated carbocycles. The van der Waals surface area contributed by atoms with Crippen molar-refractivity contribution in [2.45, 2.75) is 18.9 Å². The van der Waals surface area contributed by atoms with Crippen LogP contribution in [0, 0.1) is 0 Å². The van der Waals surface area contributed by atoms with Crippen LogP contribution >= 0.6 is 0 Å². The molecule has 0 aromatic carbocycles. The topological polar surface area (TPSA) is 84.2 Å². The highest BCUT2D eigenvalue weighted by Gasteiger charge is 2.27. The summed E-state index contributed by atoms with van der Waals surface area (Å²) in [6.45, 7) is 0. The first-order valence-electron chi connectivity index (χ1n) is 4.65. The number of nitrogens with one attached hydrogen (secondary N) is 1. The van der Waals surface area contributed by atoms with Crippen LogP contribution in [0.5, 0.6) is 0 Å². The first kappa shape index (κ1) is 9.70. The second kappa shape index (κ2) is 3.38. The van der Waals surface area contributed by atoms with Crippen molar-refractivity contribution < 1.29 is 14.7 Å². The monoisotopic (exact) mass is 209 g/mol. The summed E-state index contributed by atoms with van der Waals surface area (Å²) in [7, 11) is 1.50. The van der Waals surface area contributed by atoms with Gasteiger partial charge in [-0.1, -0.05) is 0 Å². The number of carbonyl (C=O) groups is 2. The second-order valence-corrected chi connectivity index (χ2v) is 3.58. The van der Waals surface area contributed by atoms with Crippen LogP contribution in [-0.2, 0) is 7.05 Å². The number of amides is 1. The summed E-state index contributed by atoms with van der Waals surface area (Å²) in [5.41, 5.74) is 0.0463. The van der Waals surface area contributed by atoms with Crippen LogP contribution in [0.3, 0.4) is 0 Å². The number of aryl methyl sites for hydroxylation is 1. The maximum Gasteiger partial charge on any atom is 0.354 e. The Morgan fingerprint density at radius 3 is 2.80 bits per heavy atom. The summed E-state index contributed by atoms with van der Waals surface area (Å²) in [5, 5.41) is 15.4. The predicted molar refractivity (Wildman–Crippen MR) is 50.7 cm³/mol. The molecule has 2 rings (SSSR count). The van der Waals surface area contributed by atoms with Gasteiger partial charge in [-0.15, -0.1) is 0 Å². The Hall–Kier alpha value is -1.85. The highest BCUT2D eigenvalue weighted by molar-refractivity contribution is 6.03. The van der Waals surface area contributed by atoms with Crippen LogP contribution in [0.4, 0.5) is 0 Å². The van der Waals surface area contributed by atoms with Gasteiger partial charge in [-0.25, -0.2) is 4.79 Å². The van der Waals surface area contributed by atoms with E-state index in [0.29, 0.717) is 0 Å². The van der Waals surface area contributed by atoms with E-state index in [-0.39, 0.29) is 23.2 Å². The Morgan fingerprint density at radius 1 is 1.60 bits per heavy atom. The molecule has 1 aromatic rings. The normalized spacial score (nSPS) is 15.0. The average molecular weight is 209 g/mol. The second-order valence-electron chi connectivity index (χ2n) is 3.58. The van der Waals surface area contributed by atoms with Gasteiger partial charge in [0.25, 0.3) is 5.91 Å². The number of hydrogen-bond donors (Lipinski definition) is 2. The molecule has 1 amide bonds. The van der Waals surface area contributed by atoms with Crippen LogP contribution in [0.2, 0.25) is 0 Å². The summed E-state index contributed by atoms with van der Waals surface area (Å²) in [5.74, 6) is -1.50. The molecule has 15 heavy (non-hydrogen) atoms. The molecular weight excluding hydrogens is 198 g/mol. The molecule has 80 valence electrons. The van der Waals surface area contributed by atoms with E-state index in [0.717, 1.165) is 12.8 Å². The van der Waals surface area contributed by atoms with Gasteiger partial charge in [0, 0.05) is 13.1 Å². The van der Waals surface area contributed by atoms with Gasteiger partial charge >= 0.3 is 5.97 Å². The number of aromatic nitrogens is 2. The highest BCUT2D eigenvalue weighted by Crippen LogP contribution is 2.19. The number of carbonyl (C=O) groups excluding carboxylic acids is 1. The zero-order valence-electron chi connectivity index (χ0n) is 8.23. The lowest BCUT2D eigenvalue weighted by Gasteiger charge is -2.02. The van der Waals surface area contributed by atoms with Gasteiger partial charge in [-0.3, -0.25) is 9.48 Å². The minimum atomic E-state index is -1.14. The third-order valence-electron chi connectivity index (χ3n) is 2.30. The minimum Gasteiger partial charge on any atom is -0.477 e. The standard InChI is InChI=1S/C9H11N3O3/c1-12-7(9(14)15)6(4-10-12)8(13)11-5-2-3-5/h4-5H,2-3H2,1H3,(H,11,13)(H,14,15). The van der Waals surface area contributed by atoms with Crippen molar-refractivity contribution >= 4 is 11.9 Å². The van der Waals surface area contributed by atoms with E-state index in [2.05, 4.69) is 10.4 Å². The Morgan fingerprint density at radius 2 is 2.27 bits per heavy atom. The summed E-state index contributed by atoms with van der Waals surface area (Å²) in [6.07, 6.45) is 3.21. The van der Waals surface area contributed by atoms with E-state index < -0.39 is 5.97 Å². The maximum absolute atomic E-state index is 11.6. The minimum absolute atomic E-state index is 0.0758. The third kappa shape index (κ3) is 1.83. The fraction of sp³-hybridized carbons (Fsp3) is 0.444. The molecule has 0 saturated heterocycles. The Kier molecular flexibility index (Phi) is 2.18. The fourth-order valence-electron chi connectivity index (χ4n) is 1.35. The van der Waals surface area contributed by atoms with Crippen molar-refractivity contribution in [3.63, 3.8) is 0 Å². The highest BCUT2D eigenvalue weighted by atomic mass is 16.4. The first-order valence-corrected chi connectivity index (χ1v) is 4.65. The lowest BCUT2D eigenvalue weighted by atomic mass is 10.2. The molecule has 1 aliphatic rings. The molecule has 0 spiro atoms. The van der Waals surface area contributed by atoms with Crippen molar-refractivity contribution in [3.8, 4) is 0 Å². The number of aromatic carboxylic acids is 1. The van der Waals surface area contributed by atoms with Crippen molar-refractivity contribution in [1.82, 2.24) is 15.1 Å². The zero-order chi connectivity index (χ0) is 11.0. The van der Waals surface area contributed by atoms with E-state index in [1.54, 1.807) is 0 Å². The summed E-state index contributed by atoms with van der Waals surface area (Å²) in [6, 6.07) is 0.208. The number of carboxylic acids is 1. The fourth-order valence-corrected chi connectivity index (χ4v) is 1.35. The van der Waals surface area contributed by atoms with Gasteiger partial charge in [0.15, 0.2) is 5.69 Å². The van der Waals surface area contributed by atoms with Gasteiger partial charge in [0.1, 0.15) is 0 Å². The molecule has 1 heterocycles. The van der Waals surface area contributed by atoms with Crippen molar-refractivity contribution in [3.05, 3.63) is 17.5 Å². The summed E-state index contributed by atoms with van der Waals surface area (Å²) >= 11 is 0. The van der Waals surface area contributed by atoms with Crippen molar-refractivity contribution in [2.75, 3.05) is 0 Å². The molecule has 0 aliphatic heterocycles. The Bertz CT molecular complexity index is 420. The van der Waals surface area contributed by atoms with Gasteiger partial charge < -0.3 is 10.4 Å². The van der Waals surface area contributed by atoms with Gasteiger partial charge in [-0.2, -0.15) is 5.10 Å². The third-order valence-corrected chi connectivity index (χ3v) is 2.30. The van der Waals surface area contributed by atoms with E-state index in [9.17, 15) is 9.59 Å². The molecule has 0 atom stereocenters. The molecule has 0 unspecified atom stereocenters. The molecular formula is C9H11N3O3. The number of carboxylic acid groups (broad SMARTS) is 1. The molecule has 0 bridgehead atoms. The number of hydrogen-bond acceptors (Lipinski definition) is 3. The van der Waals surface area contributed by atoms with Crippen LogP contribution in [-0.4, -0.2) is 32.8 Å². The summed E-state index contributed by atoms with van der Waals surface area (Å²) < 4.78 is 1.18. The maximum atomic E-state index is 11.6. The average Bonchev–Trinajstić information content (AvgIpc) is 2.86. The van der Waals surface area contributed by atoms with Crippen molar-refractivity contribution in [1.29, 1.82) is 0 Å². The van der Waals surface area contributed by atoms with E-state index in [4.69, 9.17) is 5.11 Å². The van der Waals surface area contributed by atoms with E-state index >= 15 is 0 Å². The van der Waals surface area contributed by atoms with Gasteiger partial charge in [0.2, 0.25) is 0 Å². The lowest BCUT2D eigenvalue weighted by molar-refractivity contribution is 0.0679. The van der Waals surface area contributed by atoms with E-state index in [1.807, 2.05) is 0 Å². The lowest BCUT2D eigenvalue weighted by Crippen LogP contribution is -2.27. The van der Waals surface area contributed by atoms with Crippen LogP contribution in [0.25, 0.3) is 0 Å². The molecule has 6 nitrogen and oxygen atoms in total. The molecule has 0 radical (unpaired) electrons.